The maximum absolute atomic E-state index is 12.8. The van der Waals surface area contributed by atoms with E-state index in [-0.39, 0.29) is 34.6 Å². The lowest BCUT2D eigenvalue weighted by atomic mass is 9.46. The maximum atomic E-state index is 12.8. The summed E-state index contributed by atoms with van der Waals surface area (Å²) < 4.78 is 0. The highest BCUT2D eigenvalue weighted by Gasteiger charge is 2.66. The molecule has 25 heavy (non-hydrogen) atoms. The van der Waals surface area contributed by atoms with Gasteiger partial charge in [-0.1, -0.05) is 12.5 Å². The fourth-order valence-corrected chi connectivity index (χ4v) is 6.89. The summed E-state index contributed by atoms with van der Waals surface area (Å²) in [6.45, 7) is 5.64. The van der Waals surface area contributed by atoms with Crippen LogP contribution in [0.15, 0.2) is 23.5 Å². The molecule has 0 radical (unpaired) electrons. The Bertz CT molecular complexity index is 719. The molecule has 0 bridgehead atoms. The first kappa shape index (κ1) is 17.0. The molecule has 0 spiro atoms. The molecule has 3 fully saturated rings. The van der Waals surface area contributed by atoms with Gasteiger partial charge in [-0.2, -0.15) is 0 Å². The van der Waals surface area contributed by atoms with E-state index in [1.807, 2.05) is 6.92 Å². The van der Waals surface area contributed by atoms with Crippen LogP contribution in [0.5, 0.6) is 0 Å². The van der Waals surface area contributed by atoms with Crippen molar-refractivity contribution in [3.05, 3.63) is 23.5 Å². The Morgan fingerprint density at radius 1 is 1.12 bits per heavy atom. The number of carbonyl (C=O) groups excluding carboxylic acids is 2. The molecular weight excluding hydrogens is 316 g/mol. The van der Waals surface area contributed by atoms with E-state index in [0.717, 1.165) is 37.7 Å². The Morgan fingerprint density at radius 2 is 1.80 bits per heavy atom. The summed E-state index contributed by atoms with van der Waals surface area (Å²) in [5.74, 6) is 0.846. The molecule has 4 aliphatic rings. The van der Waals surface area contributed by atoms with E-state index < -0.39 is 11.0 Å². The van der Waals surface area contributed by atoms with Crippen molar-refractivity contribution < 1.29 is 19.8 Å². The third kappa shape index (κ3) is 1.92. The van der Waals surface area contributed by atoms with Gasteiger partial charge in [-0.3, -0.25) is 9.59 Å². The van der Waals surface area contributed by atoms with Crippen LogP contribution >= 0.6 is 0 Å². The van der Waals surface area contributed by atoms with Gasteiger partial charge < -0.3 is 10.2 Å². The van der Waals surface area contributed by atoms with E-state index >= 15 is 0 Å². The minimum atomic E-state index is -1.21. The number of carbonyl (C=O) groups is 2. The minimum Gasteiger partial charge on any atom is -0.508 e. The van der Waals surface area contributed by atoms with Crippen LogP contribution < -0.4 is 0 Å². The summed E-state index contributed by atoms with van der Waals surface area (Å²) in [6, 6.07) is 0. The van der Waals surface area contributed by atoms with Gasteiger partial charge in [0.1, 0.15) is 11.4 Å². The monoisotopic (exact) mass is 344 g/mol. The van der Waals surface area contributed by atoms with E-state index in [2.05, 4.69) is 6.92 Å². The summed E-state index contributed by atoms with van der Waals surface area (Å²) >= 11 is 0. The summed E-state index contributed by atoms with van der Waals surface area (Å²) in [4.78, 5) is 25.1. The molecule has 6 atom stereocenters. The Balaban J connectivity index is 1.73. The lowest BCUT2D eigenvalue weighted by Gasteiger charge is -2.57. The lowest BCUT2D eigenvalue weighted by molar-refractivity contribution is -0.161. The number of rotatable bonds is 1. The molecular formula is C21H28O4. The second-order valence-corrected chi connectivity index (χ2v) is 9.13. The number of hydrogen-bond donors (Lipinski definition) is 2. The summed E-state index contributed by atoms with van der Waals surface area (Å²) in [5, 5.41) is 21.0. The predicted molar refractivity (Wildman–Crippen MR) is 93.8 cm³/mol. The Hall–Kier alpha value is -1.42. The fourth-order valence-electron chi connectivity index (χ4n) is 6.89. The van der Waals surface area contributed by atoms with Crippen molar-refractivity contribution in [2.75, 3.05) is 0 Å². The molecule has 4 heteroatoms. The molecule has 4 aliphatic carbocycles. The molecule has 0 aromatic carbocycles. The SMILES string of the molecule is CC(=O)[C@@]1(O)CC[C@H]2[C@@H]3CCC4=CC(O)=CC(=O)[C@]4(C)[C@H]3CC[C@@]21C. The highest BCUT2D eigenvalue weighted by atomic mass is 16.3. The topological polar surface area (TPSA) is 74.6 Å². The fraction of sp³-hybridized carbons (Fsp3) is 0.714. The summed E-state index contributed by atoms with van der Waals surface area (Å²) in [6.07, 6.45) is 7.97. The third-order valence-electron chi connectivity index (χ3n) is 8.44. The van der Waals surface area contributed by atoms with Crippen molar-refractivity contribution >= 4 is 11.6 Å². The number of ketones is 2. The first-order chi connectivity index (χ1) is 11.6. The summed E-state index contributed by atoms with van der Waals surface area (Å²) in [5.41, 5.74) is -1.07. The smallest absolute Gasteiger partial charge is 0.169 e. The quantitative estimate of drug-likeness (QED) is 0.763. The molecule has 2 N–H and O–H groups in total. The number of allylic oxidation sites excluding steroid dienone is 3. The third-order valence-corrected chi connectivity index (χ3v) is 8.44. The van der Waals surface area contributed by atoms with Crippen molar-refractivity contribution in [3.8, 4) is 0 Å². The van der Waals surface area contributed by atoms with E-state index in [0.29, 0.717) is 12.3 Å². The predicted octanol–water partition coefficient (Wildman–Crippen LogP) is 3.50. The molecule has 0 heterocycles. The molecule has 4 rings (SSSR count). The average molecular weight is 344 g/mol. The van der Waals surface area contributed by atoms with Gasteiger partial charge in [0.15, 0.2) is 11.6 Å². The van der Waals surface area contributed by atoms with Gasteiger partial charge in [-0.05, 0) is 76.2 Å². The minimum absolute atomic E-state index is 0.0145. The van der Waals surface area contributed by atoms with E-state index in [1.165, 1.54) is 13.0 Å². The van der Waals surface area contributed by atoms with Crippen LogP contribution in [0.3, 0.4) is 0 Å². The largest absolute Gasteiger partial charge is 0.508 e. The number of aliphatic hydroxyl groups excluding tert-OH is 1. The standard InChI is InChI=1S/C21H28O4/c1-12(22)21(25)9-7-16-15-5-4-13-10-14(23)11-18(24)20(13,3)17(15)6-8-19(16,21)2/h10-11,15-17,23,25H,4-9H2,1-3H3/t15-,16-,17-,19-,20-,21-/m0/s1. The van der Waals surface area contributed by atoms with Crippen LogP contribution in [0.1, 0.15) is 59.3 Å². The van der Waals surface area contributed by atoms with Gasteiger partial charge >= 0.3 is 0 Å². The average Bonchev–Trinajstić information content (AvgIpc) is 2.82. The van der Waals surface area contributed by atoms with Crippen LogP contribution in [0, 0.1) is 28.6 Å². The first-order valence-electron chi connectivity index (χ1n) is 9.54. The van der Waals surface area contributed by atoms with E-state index in [9.17, 15) is 19.8 Å². The highest BCUT2D eigenvalue weighted by Crippen LogP contribution is 2.67. The van der Waals surface area contributed by atoms with Crippen molar-refractivity contribution in [2.45, 2.75) is 64.9 Å². The van der Waals surface area contributed by atoms with Gasteiger partial charge in [-0.15, -0.1) is 0 Å². The second kappa shape index (κ2) is 5.06. The molecule has 0 saturated heterocycles. The van der Waals surface area contributed by atoms with Crippen molar-refractivity contribution in [1.29, 1.82) is 0 Å². The van der Waals surface area contributed by atoms with Gasteiger partial charge in [0, 0.05) is 11.5 Å². The van der Waals surface area contributed by atoms with Crippen LogP contribution in [0.25, 0.3) is 0 Å². The van der Waals surface area contributed by atoms with Gasteiger partial charge in [0.05, 0.1) is 5.41 Å². The van der Waals surface area contributed by atoms with Crippen molar-refractivity contribution in [1.82, 2.24) is 0 Å². The number of fused-ring (bicyclic) bond motifs is 5. The van der Waals surface area contributed by atoms with E-state index in [4.69, 9.17) is 0 Å². The Kier molecular flexibility index (Phi) is 3.45. The normalized spacial score (nSPS) is 48.8. The second-order valence-electron chi connectivity index (χ2n) is 9.13. The molecule has 136 valence electrons. The molecule has 0 unspecified atom stereocenters. The van der Waals surface area contributed by atoms with Gasteiger partial charge in [0.25, 0.3) is 0 Å². The highest BCUT2D eigenvalue weighted by molar-refractivity contribution is 5.99. The molecule has 0 amide bonds. The zero-order valence-electron chi connectivity index (χ0n) is 15.3. The molecule has 0 aromatic heterocycles. The Labute approximate surface area is 149 Å². The number of aliphatic hydroxyl groups is 2. The first-order valence-corrected chi connectivity index (χ1v) is 9.54. The summed E-state index contributed by atoms with van der Waals surface area (Å²) in [7, 11) is 0. The molecule has 0 aromatic rings. The molecule has 3 saturated carbocycles. The van der Waals surface area contributed by atoms with Crippen LogP contribution in [0.4, 0.5) is 0 Å². The zero-order chi connectivity index (χ0) is 18.2. The van der Waals surface area contributed by atoms with Gasteiger partial charge in [-0.25, -0.2) is 0 Å². The van der Waals surface area contributed by atoms with Crippen LogP contribution in [-0.2, 0) is 9.59 Å². The van der Waals surface area contributed by atoms with Gasteiger partial charge in [0.2, 0.25) is 0 Å². The zero-order valence-corrected chi connectivity index (χ0v) is 15.3. The van der Waals surface area contributed by atoms with E-state index in [1.54, 1.807) is 6.08 Å². The number of hydrogen-bond acceptors (Lipinski definition) is 4. The van der Waals surface area contributed by atoms with Crippen molar-refractivity contribution in [3.63, 3.8) is 0 Å². The lowest BCUT2D eigenvalue weighted by Crippen LogP contribution is -2.58. The maximum Gasteiger partial charge on any atom is 0.169 e. The molecule has 4 nitrogen and oxygen atoms in total. The van der Waals surface area contributed by atoms with Crippen molar-refractivity contribution in [2.24, 2.45) is 28.6 Å². The van der Waals surface area contributed by atoms with Crippen LogP contribution in [-0.4, -0.2) is 27.4 Å². The number of Topliss-reactive ketones (excluding diaryl/α,β-unsaturated/α-hetero) is 1. The van der Waals surface area contributed by atoms with Crippen LogP contribution in [0.2, 0.25) is 0 Å². The molecule has 0 aliphatic heterocycles. The Morgan fingerprint density at radius 3 is 2.48 bits per heavy atom.